The second-order valence-corrected chi connectivity index (χ2v) is 10.1. The number of rotatable bonds is 8. The van der Waals surface area contributed by atoms with E-state index >= 15 is 0 Å². The Bertz CT molecular complexity index is 868. The van der Waals surface area contributed by atoms with Gasteiger partial charge in [0.15, 0.2) is 0 Å². The van der Waals surface area contributed by atoms with Gasteiger partial charge >= 0.3 is 73.5 Å². The van der Waals surface area contributed by atoms with E-state index in [1.807, 2.05) is 0 Å². The molecule has 0 saturated heterocycles. The Morgan fingerprint density at radius 1 is 0.308 bits per heavy atom. The highest BCUT2D eigenvalue weighted by Crippen LogP contribution is 2.67. The molecule has 0 aromatic rings. The van der Waals surface area contributed by atoms with E-state index in [1.54, 1.807) is 0 Å². The lowest BCUT2D eigenvalue weighted by atomic mass is 9.91. The van der Waals surface area contributed by atoms with Gasteiger partial charge in [0.1, 0.15) is 0 Å². The molecule has 0 saturated carbocycles. The first-order valence-electron chi connectivity index (χ1n) is 7.82. The predicted octanol–water partition coefficient (Wildman–Crippen LogP) is 8.22. The molecule has 0 aliphatic rings. The third kappa shape index (κ3) is 4.82. The van der Waals surface area contributed by atoms with Gasteiger partial charge in [-0.15, -0.1) is 13.2 Å². The average molecular weight is 670 g/mol. The van der Waals surface area contributed by atoms with Gasteiger partial charge in [-0.25, -0.2) is 8.78 Å². The highest BCUT2D eigenvalue weighted by molar-refractivity contribution is 6.80. The second-order valence-electron chi connectivity index (χ2n) is 6.74. The van der Waals surface area contributed by atoms with E-state index in [2.05, 4.69) is 0 Å². The van der Waals surface area contributed by atoms with Gasteiger partial charge in [0.2, 0.25) is 0 Å². The quantitative estimate of drug-likeness (QED) is 0.187. The molecule has 0 aromatic carbocycles. The summed E-state index contributed by atoms with van der Waals surface area (Å²) in [6.45, 7) is 0. The van der Waals surface area contributed by atoms with Crippen molar-refractivity contribution < 1.29 is 119 Å². The molecule has 0 rings (SSSR count). The Morgan fingerprint density at radius 2 is 0.538 bits per heavy atom. The molecule has 0 aliphatic carbocycles. The van der Waals surface area contributed by atoms with E-state index in [9.17, 15) is 114 Å². The Hall–Kier alpha value is -1.64. The van der Waals surface area contributed by atoms with Crippen molar-refractivity contribution in [1.82, 2.24) is 0 Å². The van der Waals surface area contributed by atoms with Crippen LogP contribution in [0.4, 0.5) is 114 Å². The average Bonchev–Trinajstić information content (AvgIpc) is 2.61. The van der Waals surface area contributed by atoms with Crippen LogP contribution in [0.25, 0.3) is 0 Å². The van der Waals surface area contributed by atoms with Crippen LogP contribution in [0.2, 0.25) is 0 Å². The summed E-state index contributed by atoms with van der Waals surface area (Å²) in [5, 5.41) is 0. The van der Waals surface area contributed by atoms with Crippen molar-refractivity contribution in [1.29, 1.82) is 0 Å². The summed E-state index contributed by atoms with van der Waals surface area (Å²) in [5.41, 5.74) is -9.57. The second kappa shape index (κ2) is 8.93. The first kappa shape index (κ1) is 37.4. The van der Waals surface area contributed by atoms with Crippen LogP contribution in [0, 0.1) is 0 Å². The van der Waals surface area contributed by atoms with Gasteiger partial charge in [0.05, 0.1) is 0 Å². The summed E-state index contributed by atoms with van der Waals surface area (Å²) in [5.74, 6) is -73.9. The summed E-state index contributed by atoms with van der Waals surface area (Å²) < 4.78 is 337. The summed E-state index contributed by atoms with van der Waals surface area (Å²) in [4.78, 5) is 0. The van der Waals surface area contributed by atoms with Crippen LogP contribution in [-0.4, -0.2) is 73.5 Å². The number of hydrogen-bond acceptors (Lipinski definition) is 1. The molecule has 28 heteroatoms. The molecule has 39 heavy (non-hydrogen) atoms. The molecular weight excluding hydrogens is 670 g/mol. The minimum atomic E-state index is -11.3. The monoisotopic (exact) mass is 670 g/mol. The van der Waals surface area contributed by atoms with Gasteiger partial charge in [-0.1, -0.05) is 0 Å². The van der Waals surface area contributed by atoms with Crippen molar-refractivity contribution in [2.45, 2.75) is 65.2 Å². The van der Waals surface area contributed by atoms with Crippen molar-refractivity contribution >= 4 is 8.32 Å². The van der Waals surface area contributed by atoms with E-state index in [0.717, 1.165) is 4.43 Å². The minimum Gasteiger partial charge on any atom is -0.310 e. The van der Waals surface area contributed by atoms with E-state index in [4.69, 9.17) is 0 Å². The Balaban J connectivity index is 7.71. The lowest BCUT2D eigenvalue weighted by Crippen LogP contribution is -2.84. The zero-order chi connectivity index (χ0) is 32.7. The largest absolute Gasteiger partial charge is 0.520 e. The van der Waals surface area contributed by atoms with Crippen LogP contribution >= 0.6 is 0 Å². The summed E-state index contributed by atoms with van der Waals surface area (Å²) in [6, 6.07) is 0. The maximum absolute atomic E-state index is 13.9. The Morgan fingerprint density at radius 3 is 0.744 bits per heavy atom. The fraction of sp³-hybridized carbons (Fsp3) is 1.00. The third-order valence-electron chi connectivity index (χ3n) is 4.23. The standard InChI is InChI=1S/C11F26OSi/c12-1(13,3(16,17)5(20,21)7(24,25)26)2(14,15)4(18,19)6(22,23)8(27,28)39(10(32,33)34,11(35,36)37)38-9(29,30)31. The summed E-state index contributed by atoms with van der Waals surface area (Å²) in [6.07, 6.45) is -16.1. The zero-order valence-corrected chi connectivity index (χ0v) is 17.2. The summed E-state index contributed by atoms with van der Waals surface area (Å²) in [7, 11) is -11.3. The molecule has 0 heterocycles. The fourth-order valence-electron chi connectivity index (χ4n) is 2.26. The maximum atomic E-state index is 13.9. The SMILES string of the molecule is FC(F)(F)O[Si](C(F)(F)F)(C(F)(F)F)C(F)(F)C(F)(F)C(F)(F)C(F)(F)C(F)(F)C(F)(F)C(F)(F)C(F)(F)F. The third-order valence-corrected chi connectivity index (χ3v) is 7.56. The molecular formula is C11F26OSi. The lowest BCUT2D eigenvalue weighted by molar-refractivity contribution is -0.460. The molecule has 0 radical (unpaired) electrons. The van der Waals surface area contributed by atoms with Crippen LogP contribution in [0.15, 0.2) is 0 Å². The van der Waals surface area contributed by atoms with Crippen molar-refractivity contribution in [3.8, 4) is 0 Å². The van der Waals surface area contributed by atoms with E-state index in [0.29, 0.717) is 0 Å². The molecule has 0 bridgehead atoms. The molecule has 236 valence electrons. The molecule has 0 aromatic heterocycles. The molecule has 0 atom stereocenters. The van der Waals surface area contributed by atoms with E-state index < -0.39 is 73.5 Å². The molecule has 0 amide bonds. The van der Waals surface area contributed by atoms with Crippen LogP contribution in [0.5, 0.6) is 0 Å². The smallest absolute Gasteiger partial charge is 0.310 e. The molecule has 0 fully saturated rings. The summed E-state index contributed by atoms with van der Waals surface area (Å²) >= 11 is 0. The number of halogens is 26. The molecule has 0 aliphatic heterocycles. The highest BCUT2D eigenvalue weighted by Gasteiger charge is 3.02. The van der Waals surface area contributed by atoms with Crippen LogP contribution in [-0.2, 0) is 4.43 Å². The lowest BCUT2D eigenvalue weighted by Gasteiger charge is -2.46. The normalized spacial score (nSPS) is 17.1. The van der Waals surface area contributed by atoms with Gasteiger partial charge in [-0.2, -0.15) is 92.2 Å². The van der Waals surface area contributed by atoms with Gasteiger partial charge in [0.25, 0.3) is 0 Å². The first-order chi connectivity index (χ1) is 16.2. The van der Waals surface area contributed by atoms with Gasteiger partial charge in [0, 0.05) is 0 Å². The van der Waals surface area contributed by atoms with Crippen molar-refractivity contribution in [2.75, 3.05) is 0 Å². The molecule has 0 N–H and O–H groups in total. The van der Waals surface area contributed by atoms with Crippen molar-refractivity contribution in [3.05, 3.63) is 0 Å². The van der Waals surface area contributed by atoms with Gasteiger partial charge in [-0.05, 0) is 0 Å². The minimum absolute atomic E-state index is 0.941. The topological polar surface area (TPSA) is 9.23 Å². The number of alkyl halides is 26. The maximum Gasteiger partial charge on any atom is 0.520 e. The van der Waals surface area contributed by atoms with Crippen LogP contribution in [0.3, 0.4) is 0 Å². The molecule has 1 nitrogen and oxygen atoms in total. The van der Waals surface area contributed by atoms with E-state index in [-0.39, 0.29) is 0 Å². The van der Waals surface area contributed by atoms with Gasteiger partial charge in [-0.3, -0.25) is 0 Å². The first-order valence-corrected chi connectivity index (χ1v) is 9.73. The van der Waals surface area contributed by atoms with Crippen LogP contribution < -0.4 is 0 Å². The van der Waals surface area contributed by atoms with Crippen LogP contribution in [0.1, 0.15) is 0 Å². The number of hydrogen-bond donors (Lipinski definition) is 0. The Labute approximate surface area is 193 Å². The van der Waals surface area contributed by atoms with E-state index in [1.165, 1.54) is 0 Å². The zero-order valence-electron chi connectivity index (χ0n) is 16.2. The van der Waals surface area contributed by atoms with Gasteiger partial charge < -0.3 is 4.43 Å². The molecule has 0 spiro atoms. The molecule has 0 unspecified atom stereocenters. The van der Waals surface area contributed by atoms with Crippen molar-refractivity contribution in [2.24, 2.45) is 0 Å². The Kier molecular flexibility index (Phi) is 8.55. The fourth-order valence-corrected chi connectivity index (χ4v) is 4.59. The predicted molar refractivity (Wildman–Crippen MR) is 65.7 cm³/mol. The highest BCUT2D eigenvalue weighted by atomic mass is 28.4. The van der Waals surface area contributed by atoms with Crippen molar-refractivity contribution in [3.63, 3.8) is 0 Å².